The maximum Gasteiger partial charge on any atom is 0.268 e. The van der Waals surface area contributed by atoms with Gasteiger partial charge in [-0.15, -0.1) is 11.3 Å². The van der Waals surface area contributed by atoms with Gasteiger partial charge >= 0.3 is 0 Å². The van der Waals surface area contributed by atoms with Crippen molar-refractivity contribution in [1.29, 1.82) is 0 Å². The van der Waals surface area contributed by atoms with Crippen LogP contribution in [-0.2, 0) is 11.2 Å². The summed E-state index contributed by atoms with van der Waals surface area (Å²) in [7, 11) is 0. The largest absolute Gasteiger partial charge is 0.347 e. The number of hydrogen-bond donors (Lipinski definition) is 3. The third-order valence-electron chi connectivity index (χ3n) is 4.43. The molecular weight excluding hydrogens is 358 g/mol. The molecule has 5 nitrogen and oxygen atoms in total. The minimum atomic E-state index is -0.219. The lowest BCUT2D eigenvalue weighted by molar-refractivity contribution is -0.119. The summed E-state index contributed by atoms with van der Waals surface area (Å²) in [5.41, 5.74) is 2.70. The monoisotopic (exact) mass is 373 g/mol. The van der Waals surface area contributed by atoms with Crippen LogP contribution in [0.5, 0.6) is 0 Å². The lowest BCUT2D eigenvalue weighted by Gasteiger charge is -2.22. The predicted molar refractivity (Wildman–Crippen MR) is 99.1 cm³/mol. The molecule has 0 radical (unpaired) electrons. The lowest BCUT2D eigenvalue weighted by Crippen LogP contribution is -2.44. The van der Waals surface area contributed by atoms with Crippen LogP contribution in [0.15, 0.2) is 36.4 Å². The van der Waals surface area contributed by atoms with Gasteiger partial charge in [0.05, 0.1) is 16.4 Å². The summed E-state index contributed by atoms with van der Waals surface area (Å²) in [5, 5.41) is 6.93. The number of halogens is 1. The number of aromatic nitrogens is 1. The van der Waals surface area contributed by atoms with Gasteiger partial charge in [-0.2, -0.15) is 0 Å². The number of nitrogens with one attached hydrogen (secondary N) is 3. The second-order valence-corrected chi connectivity index (χ2v) is 7.86. The van der Waals surface area contributed by atoms with Crippen LogP contribution < -0.4 is 10.6 Å². The van der Waals surface area contributed by atoms with Crippen molar-refractivity contribution in [1.82, 2.24) is 15.6 Å². The Hall–Kier alpha value is -2.31. The van der Waals surface area contributed by atoms with Gasteiger partial charge in [-0.05, 0) is 29.7 Å². The molecule has 0 fully saturated rings. The van der Waals surface area contributed by atoms with Crippen molar-refractivity contribution >= 4 is 45.0 Å². The molecule has 2 atom stereocenters. The summed E-state index contributed by atoms with van der Waals surface area (Å²) in [5.74, 6) is -0.302. The van der Waals surface area contributed by atoms with Gasteiger partial charge in [0.15, 0.2) is 0 Å². The summed E-state index contributed by atoms with van der Waals surface area (Å²) in [6.45, 7) is 1.49. The molecule has 3 N–H and O–H groups in total. The fraction of sp³-hybridized carbons (Fsp3) is 0.222. The van der Waals surface area contributed by atoms with E-state index in [2.05, 4.69) is 15.6 Å². The van der Waals surface area contributed by atoms with E-state index in [4.69, 9.17) is 11.6 Å². The smallest absolute Gasteiger partial charge is 0.268 e. The summed E-state index contributed by atoms with van der Waals surface area (Å²) in [4.78, 5) is 28.2. The van der Waals surface area contributed by atoms with Crippen LogP contribution in [0.1, 0.15) is 34.6 Å². The van der Waals surface area contributed by atoms with Crippen LogP contribution >= 0.6 is 22.9 Å². The molecule has 0 spiro atoms. The van der Waals surface area contributed by atoms with Gasteiger partial charge in [0.25, 0.3) is 5.91 Å². The van der Waals surface area contributed by atoms with E-state index in [-0.39, 0.29) is 23.9 Å². The highest BCUT2D eigenvalue weighted by Crippen LogP contribution is 2.32. The number of aromatic amines is 1. The van der Waals surface area contributed by atoms with Crippen LogP contribution in [0, 0.1) is 0 Å². The molecule has 0 bridgehead atoms. The molecule has 4 rings (SSSR count). The second-order valence-electron chi connectivity index (χ2n) is 6.18. The van der Waals surface area contributed by atoms with Crippen molar-refractivity contribution in [3.63, 3.8) is 0 Å². The highest BCUT2D eigenvalue weighted by Gasteiger charge is 2.34. The van der Waals surface area contributed by atoms with E-state index in [0.29, 0.717) is 16.5 Å². The molecule has 2 heterocycles. The Bertz CT molecular complexity index is 946. The maximum atomic E-state index is 12.7. The Morgan fingerprint density at radius 3 is 2.80 bits per heavy atom. The first-order valence-electron chi connectivity index (χ1n) is 7.95. The highest BCUT2D eigenvalue weighted by atomic mass is 35.5. The number of rotatable bonds is 3. The van der Waals surface area contributed by atoms with Crippen LogP contribution in [0.4, 0.5) is 0 Å². The van der Waals surface area contributed by atoms with Crippen molar-refractivity contribution in [3.05, 3.63) is 57.6 Å². The molecule has 3 aromatic rings. The number of benzene rings is 1. The Kier molecular flexibility index (Phi) is 4.01. The average molecular weight is 374 g/mol. The first kappa shape index (κ1) is 16.2. The molecular formula is C18H16ClN3O2S. The Labute approximate surface area is 153 Å². The zero-order valence-electron chi connectivity index (χ0n) is 13.4. The molecule has 1 aliphatic carbocycles. The molecule has 2 aromatic heterocycles. The fourth-order valence-corrected chi connectivity index (χ4v) is 4.51. The van der Waals surface area contributed by atoms with E-state index in [0.717, 1.165) is 21.3 Å². The predicted octanol–water partition coefficient (Wildman–Crippen LogP) is 3.41. The molecule has 1 aliphatic rings. The average Bonchev–Trinajstić information content (AvgIpc) is 3.19. The Morgan fingerprint density at radius 1 is 1.24 bits per heavy atom. The van der Waals surface area contributed by atoms with E-state index < -0.39 is 0 Å². The van der Waals surface area contributed by atoms with E-state index in [9.17, 15) is 9.59 Å². The summed E-state index contributed by atoms with van der Waals surface area (Å²) in [6, 6.07) is 11.2. The van der Waals surface area contributed by atoms with Crippen LogP contribution in [0.25, 0.3) is 10.2 Å². The molecule has 0 aliphatic heterocycles. The van der Waals surface area contributed by atoms with Crippen molar-refractivity contribution in [2.24, 2.45) is 0 Å². The Morgan fingerprint density at radius 2 is 2.04 bits per heavy atom. The zero-order valence-corrected chi connectivity index (χ0v) is 15.0. The number of carbonyl (C=O) groups is 2. The van der Waals surface area contributed by atoms with Crippen LogP contribution in [-0.4, -0.2) is 22.8 Å². The van der Waals surface area contributed by atoms with Crippen LogP contribution in [0.3, 0.4) is 0 Å². The first-order chi connectivity index (χ1) is 12.0. The normalized spacial score (nSPS) is 19.0. The SMILES string of the molecule is CC(=O)N[C@H]1c2ccccc2C[C@H]1NC(=O)c1cc2cc(Cl)sc2[nH]1. The minimum absolute atomic E-state index is 0.115. The molecule has 25 heavy (non-hydrogen) atoms. The summed E-state index contributed by atoms with van der Waals surface area (Å²) < 4.78 is 0.685. The van der Waals surface area contributed by atoms with Gasteiger partial charge in [-0.25, -0.2) is 0 Å². The number of hydrogen-bond acceptors (Lipinski definition) is 3. The third kappa shape index (κ3) is 3.03. The van der Waals surface area contributed by atoms with Gasteiger partial charge in [-0.1, -0.05) is 35.9 Å². The van der Waals surface area contributed by atoms with Crippen molar-refractivity contribution < 1.29 is 9.59 Å². The van der Waals surface area contributed by atoms with E-state index in [1.165, 1.54) is 18.3 Å². The van der Waals surface area contributed by atoms with Gasteiger partial charge < -0.3 is 15.6 Å². The number of fused-ring (bicyclic) bond motifs is 2. The maximum absolute atomic E-state index is 12.7. The lowest BCUT2D eigenvalue weighted by atomic mass is 10.1. The van der Waals surface area contributed by atoms with Gasteiger partial charge in [-0.3, -0.25) is 9.59 Å². The Balaban J connectivity index is 1.57. The van der Waals surface area contributed by atoms with E-state index in [1.54, 1.807) is 6.07 Å². The third-order valence-corrected chi connectivity index (χ3v) is 5.63. The quantitative estimate of drug-likeness (QED) is 0.658. The van der Waals surface area contributed by atoms with E-state index in [1.807, 2.05) is 30.3 Å². The van der Waals surface area contributed by atoms with Gasteiger partial charge in [0.1, 0.15) is 10.5 Å². The topological polar surface area (TPSA) is 74.0 Å². The molecule has 0 saturated heterocycles. The fourth-order valence-electron chi connectivity index (χ4n) is 3.39. The highest BCUT2D eigenvalue weighted by molar-refractivity contribution is 7.22. The van der Waals surface area contributed by atoms with Gasteiger partial charge in [0, 0.05) is 12.3 Å². The second kappa shape index (κ2) is 6.20. The summed E-state index contributed by atoms with van der Waals surface area (Å²) in [6.07, 6.45) is 0.688. The first-order valence-corrected chi connectivity index (χ1v) is 9.14. The molecule has 128 valence electrons. The number of amides is 2. The number of H-pyrrole nitrogens is 1. The van der Waals surface area contributed by atoms with Crippen LogP contribution in [0.2, 0.25) is 4.34 Å². The molecule has 0 unspecified atom stereocenters. The number of thiophene rings is 1. The van der Waals surface area contributed by atoms with Crippen molar-refractivity contribution in [2.45, 2.75) is 25.4 Å². The molecule has 2 amide bonds. The standard InChI is InChI=1S/C18H16ClN3O2S/c1-9(23)20-16-12-5-3-2-4-10(12)6-13(16)21-17(24)14-7-11-8-15(19)25-18(11)22-14/h2-5,7-8,13,16,22H,6H2,1H3,(H,20,23)(H,21,24)/t13-,16+/m1/s1. The molecule has 1 aromatic carbocycles. The van der Waals surface area contributed by atoms with Crippen molar-refractivity contribution in [3.8, 4) is 0 Å². The van der Waals surface area contributed by atoms with Crippen molar-refractivity contribution in [2.75, 3.05) is 0 Å². The summed E-state index contributed by atoms with van der Waals surface area (Å²) >= 11 is 7.38. The number of carbonyl (C=O) groups excluding carboxylic acids is 2. The minimum Gasteiger partial charge on any atom is -0.347 e. The van der Waals surface area contributed by atoms with E-state index >= 15 is 0 Å². The van der Waals surface area contributed by atoms with Gasteiger partial charge in [0.2, 0.25) is 5.91 Å². The molecule has 0 saturated carbocycles. The molecule has 7 heteroatoms. The zero-order chi connectivity index (χ0) is 17.6.